The summed E-state index contributed by atoms with van der Waals surface area (Å²) in [6.45, 7) is 21.8. The Bertz CT molecular complexity index is 194. The normalized spacial score (nSPS) is 10.2. The van der Waals surface area contributed by atoms with Crippen LogP contribution in [0.15, 0.2) is 12.7 Å². The maximum atomic E-state index is 3.68. The molecule has 0 unspecified atom stereocenters. The van der Waals surface area contributed by atoms with E-state index in [1.54, 1.807) is 0 Å². The lowest BCUT2D eigenvalue weighted by Crippen LogP contribution is -2.29. The van der Waals surface area contributed by atoms with E-state index in [0.717, 1.165) is 5.92 Å². The van der Waals surface area contributed by atoms with Crippen molar-refractivity contribution < 1.29 is 0 Å². The minimum atomic E-state index is 0.813. The standard InChI is InChI=1S/C10H23N.C9H19N.C2H6/c1-5-7-11(8-6-2)9-10(3)4;1-4-5-6-7-8-9-10(2)3;1-2/h10H,5-9H2,1-4H3;4H,1,5-9H2,2-3H3;1-2H3. The van der Waals surface area contributed by atoms with Crippen molar-refractivity contribution in [2.45, 2.75) is 80.1 Å². The van der Waals surface area contributed by atoms with Gasteiger partial charge in [-0.25, -0.2) is 0 Å². The van der Waals surface area contributed by atoms with Crippen LogP contribution in [0.5, 0.6) is 0 Å². The third-order valence-electron chi connectivity index (χ3n) is 3.22. The average molecular weight is 329 g/mol. The topological polar surface area (TPSA) is 6.48 Å². The molecule has 0 rings (SSSR count). The van der Waals surface area contributed by atoms with Gasteiger partial charge < -0.3 is 9.80 Å². The number of unbranched alkanes of at least 4 members (excludes halogenated alkanes) is 3. The highest BCUT2D eigenvalue weighted by atomic mass is 15.1. The molecule has 0 atom stereocenters. The van der Waals surface area contributed by atoms with Crippen molar-refractivity contribution in [3.05, 3.63) is 12.7 Å². The molecule has 0 spiro atoms. The van der Waals surface area contributed by atoms with Gasteiger partial charge in [-0.05, 0) is 71.8 Å². The van der Waals surface area contributed by atoms with Gasteiger partial charge in [-0.3, -0.25) is 0 Å². The zero-order valence-electron chi connectivity index (χ0n) is 17.8. The lowest BCUT2D eigenvalue weighted by Gasteiger charge is -2.22. The fourth-order valence-corrected chi connectivity index (χ4v) is 2.34. The molecule has 0 amide bonds. The predicted molar refractivity (Wildman–Crippen MR) is 110 cm³/mol. The first kappa shape index (κ1) is 27.5. The molecule has 0 fully saturated rings. The molecule has 0 bridgehead atoms. The Balaban J connectivity index is -0.000000315. The first-order valence-electron chi connectivity index (χ1n) is 9.95. The molecular weight excluding hydrogens is 280 g/mol. The Labute approximate surface area is 149 Å². The first-order chi connectivity index (χ1) is 11.0. The molecule has 0 aromatic rings. The summed E-state index contributed by atoms with van der Waals surface area (Å²) in [7, 11) is 4.24. The van der Waals surface area contributed by atoms with Crippen LogP contribution in [0.2, 0.25) is 0 Å². The third kappa shape index (κ3) is 30.2. The Morgan fingerprint density at radius 2 is 1.39 bits per heavy atom. The van der Waals surface area contributed by atoms with E-state index in [4.69, 9.17) is 0 Å². The van der Waals surface area contributed by atoms with Gasteiger partial charge in [0.2, 0.25) is 0 Å². The third-order valence-corrected chi connectivity index (χ3v) is 3.22. The molecule has 0 aliphatic carbocycles. The Morgan fingerprint density at radius 3 is 1.74 bits per heavy atom. The maximum Gasteiger partial charge on any atom is 0.000438 e. The van der Waals surface area contributed by atoms with Crippen molar-refractivity contribution in [2.75, 3.05) is 40.3 Å². The van der Waals surface area contributed by atoms with E-state index in [1.165, 1.54) is 64.7 Å². The van der Waals surface area contributed by atoms with E-state index in [0.29, 0.717) is 0 Å². The summed E-state index contributed by atoms with van der Waals surface area (Å²) in [5, 5.41) is 0. The Hall–Kier alpha value is -0.340. The minimum Gasteiger partial charge on any atom is -0.309 e. The number of allylic oxidation sites excluding steroid dienone is 1. The van der Waals surface area contributed by atoms with Crippen LogP contribution in [0.3, 0.4) is 0 Å². The maximum absolute atomic E-state index is 3.68. The molecule has 0 saturated heterocycles. The molecule has 0 aromatic carbocycles. The summed E-state index contributed by atoms with van der Waals surface area (Å²) in [6, 6.07) is 0. The van der Waals surface area contributed by atoms with Gasteiger partial charge in [-0.1, -0.05) is 54.0 Å². The van der Waals surface area contributed by atoms with Crippen LogP contribution in [0.1, 0.15) is 80.1 Å². The molecule has 2 heteroatoms. The molecule has 0 aliphatic heterocycles. The van der Waals surface area contributed by atoms with Crippen LogP contribution >= 0.6 is 0 Å². The van der Waals surface area contributed by atoms with Crippen molar-refractivity contribution in [3.63, 3.8) is 0 Å². The van der Waals surface area contributed by atoms with Gasteiger partial charge in [-0.15, -0.1) is 6.58 Å². The Kier molecular flexibility index (Phi) is 28.6. The van der Waals surface area contributed by atoms with Crippen molar-refractivity contribution in [1.82, 2.24) is 9.80 Å². The van der Waals surface area contributed by atoms with Crippen LogP contribution in [-0.4, -0.2) is 50.1 Å². The van der Waals surface area contributed by atoms with Crippen molar-refractivity contribution in [2.24, 2.45) is 5.92 Å². The quantitative estimate of drug-likeness (QED) is 0.316. The number of nitrogens with zero attached hydrogens (tertiary/aromatic N) is 2. The number of hydrogen-bond acceptors (Lipinski definition) is 2. The van der Waals surface area contributed by atoms with Gasteiger partial charge in [0.25, 0.3) is 0 Å². The summed E-state index contributed by atoms with van der Waals surface area (Å²) in [4.78, 5) is 4.79. The number of rotatable bonds is 12. The van der Waals surface area contributed by atoms with Crippen molar-refractivity contribution in [1.29, 1.82) is 0 Å². The molecule has 0 aliphatic rings. The zero-order chi connectivity index (χ0) is 18.5. The van der Waals surface area contributed by atoms with Crippen LogP contribution in [0, 0.1) is 5.92 Å². The highest BCUT2D eigenvalue weighted by Gasteiger charge is 2.03. The second-order valence-corrected chi connectivity index (χ2v) is 6.64. The second-order valence-electron chi connectivity index (χ2n) is 6.64. The summed E-state index contributed by atoms with van der Waals surface area (Å²) in [5.74, 6) is 0.813. The lowest BCUT2D eigenvalue weighted by atomic mass is 10.2. The highest BCUT2D eigenvalue weighted by Crippen LogP contribution is 2.01. The van der Waals surface area contributed by atoms with Gasteiger partial charge in [0.15, 0.2) is 0 Å². The van der Waals surface area contributed by atoms with Crippen molar-refractivity contribution >= 4 is 0 Å². The minimum absolute atomic E-state index is 0.813. The monoisotopic (exact) mass is 328 g/mol. The van der Waals surface area contributed by atoms with Gasteiger partial charge in [0.05, 0.1) is 0 Å². The van der Waals surface area contributed by atoms with E-state index in [2.05, 4.69) is 58.2 Å². The average Bonchev–Trinajstić information content (AvgIpc) is 2.49. The van der Waals surface area contributed by atoms with E-state index >= 15 is 0 Å². The van der Waals surface area contributed by atoms with Crippen LogP contribution < -0.4 is 0 Å². The molecule has 142 valence electrons. The molecule has 0 aromatic heterocycles. The van der Waals surface area contributed by atoms with E-state index in [9.17, 15) is 0 Å². The number of hydrogen-bond donors (Lipinski definition) is 0. The zero-order valence-corrected chi connectivity index (χ0v) is 17.8. The summed E-state index contributed by atoms with van der Waals surface area (Å²) < 4.78 is 0. The smallest absolute Gasteiger partial charge is 0.000438 e. The van der Waals surface area contributed by atoms with Crippen LogP contribution in [0.25, 0.3) is 0 Å². The van der Waals surface area contributed by atoms with Crippen molar-refractivity contribution in [3.8, 4) is 0 Å². The van der Waals surface area contributed by atoms with E-state index < -0.39 is 0 Å². The van der Waals surface area contributed by atoms with Gasteiger partial charge >= 0.3 is 0 Å². The summed E-state index contributed by atoms with van der Waals surface area (Å²) >= 11 is 0. The highest BCUT2D eigenvalue weighted by molar-refractivity contribution is 4.65. The molecule has 0 heterocycles. The van der Waals surface area contributed by atoms with Gasteiger partial charge in [0.1, 0.15) is 0 Å². The first-order valence-corrected chi connectivity index (χ1v) is 9.95. The van der Waals surface area contributed by atoms with E-state index in [-0.39, 0.29) is 0 Å². The molecule has 23 heavy (non-hydrogen) atoms. The molecule has 2 nitrogen and oxygen atoms in total. The fourth-order valence-electron chi connectivity index (χ4n) is 2.34. The van der Waals surface area contributed by atoms with E-state index in [1.807, 2.05) is 19.9 Å². The molecule has 0 N–H and O–H groups in total. The molecular formula is C21H48N2. The summed E-state index contributed by atoms with van der Waals surface area (Å²) in [5.41, 5.74) is 0. The van der Waals surface area contributed by atoms with Crippen LogP contribution in [0.4, 0.5) is 0 Å². The molecule has 0 saturated carbocycles. The predicted octanol–water partition coefficient (Wildman–Crippen LogP) is 6.09. The lowest BCUT2D eigenvalue weighted by molar-refractivity contribution is 0.245. The molecule has 0 radical (unpaired) electrons. The largest absolute Gasteiger partial charge is 0.309 e. The second kappa shape index (κ2) is 23.9. The van der Waals surface area contributed by atoms with Gasteiger partial charge in [0, 0.05) is 6.54 Å². The SMILES string of the molecule is C=CCCCCCN(C)C.CC.CCCN(CCC)CC(C)C. The summed E-state index contributed by atoms with van der Waals surface area (Å²) in [6.07, 6.45) is 9.70. The fraction of sp³-hybridized carbons (Fsp3) is 0.905. The van der Waals surface area contributed by atoms with Gasteiger partial charge in [-0.2, -0.15) is 0 Å². The van der Waals surface area contributed by atoms with Crippen LogP contribution in [-0.2, 0) is 0 Å². The Morgan fingerprint density at radius 1 is 0.870 bits per heavy atom.